The molecule has 0 spiro atoms. The van der Waals surface area contributed by atoms with Crippen LogP contribution < -0.4 is 15.4 Å². The number of carbonyl (C=O) groups is 2. The highest BCUT2D eigenvalue weighted by atomic mass is 79.9. The molecule has 154 valence electrons. The largest absolute Gasteiger partial charge is 0.483 e. The fourth-order valence-corrected chi connectivity index (χ4v) is 3.70. The van der Waals surface area contributed by atoms with Gasteiger partial charge in [0.1, 0.15) is 12.1 Å². The number of amides is 2. The van der Waals surface area contributed by atoms with E-state index in [0.717, 1.165) is 26.9 Å². The van der Waals surface area contributed by atoms with Crippen molar-refractivity contribution in [3.8, 4) is 5.75 Å². The molecule has 1 aliphatic rings. The SMILES string of the molecule is Cc1ccc(NC(=O)COc2ccc(Br)cc2[C@H]2CC(=O)Nc3ncnn32)cc1C. The molecule has 1 aromatic heterocycles. The predicted octanol–water partition coefficient (Wildman–Crippen LogP) is 3.61. The van der Waals surface area contributed by atoms with Gasteiger partial charge in [-0.05, 0) is 55.3 Å². The smallest absolute Gasteiger partial charge is 0.262 e. The maximum atomic E-state index is 12.4. The standard InChI is InChI=1S/C21H20BrN5O3/c1-12-3-5-15(7-13(12)2)25-20(29)10-30-18-6-4-14(22)8-16(18)17-9-19(28)26-21-23-11-24-27(17)21/h3-8,11,17H,9-10H2,1-2H3,(H,25,29)(H,23,24,26,28)/t17-/m1/s1. The zero-order valence-corrected chi connectivity index (χ0v) is 18.1. The van der Waals surface area contributed by atoms with Gasteiger partial charge in [-0.25, -0.2) is 4.68 Å². The predicted molar refractivity (Wildman–Crippen MR) is 116 cm³/mol. The number of hydrogen-bond acceptors (Lipinski definition) is 5. The third-order valence-electron chi connectivity index (χ3n) is 4.98. The second-order valence-electron chi connectivity index (χ2n) is 7.11. The highest BCUT2D eigenvalue weighted by Gasteiger charge is 2.30. The summed E-state index contributed by atoms with van der Waals surface area (Å²) in [5, 5.41) is 9.76. The Morgan fingerprint density at radius 1 is 1.27 bits per heavy atom. The molecule has 0 saturated heterocycles. The summed E-state index contributed by atoms with van der Waals surface area (Å²) in [6.45, 7) is 3.85. The van der Waals surface area contributed by atoms with Crippen molar-refractivity contribution < 1.29 is 14.3 Å². The number of carbonyl (C=O) groups excluding carboxylic acids is 2. The molecule has 8 nitrogen and oxygen atoms in total. The van der Waals surface area contributed by atoms with E-state index in [1.807, 2.05) is 44.2 Å². The number of nitrogens with zero attached hydrogens (tertiary/aromatic N) is 3. The van der Waals surface area contributed by atoms with Gasteiger partial charge >= 0.3 is 0 Å². The van der Waals surface area contributed by atoms with Crippen molar-refractivity contribution >= 4 is 39.4 Å². The van der Waals surface area contributed by atoms with E-state index in [4.69, 9.17) is 4.74 Å². The van der Waals surface area contributed by atoms with Crippen molar-refractivity contribution in [2.75, 3.05) is 17.2 Å². The summed E-state index contributed by atoms with van der Waals surface area (Å²) in [4.78, 5) is 28.6. The second-order valence-corrected chi connectivity index (χ2v) is 8.03. The maximum absolute atomic E-state index is 12.4. The third kappa shape index (κ3) is 4.20. The summed E-state index contributed by atoms with van der Waals surface area (Å²) in [6.07, 6.45) is 1.58. The lowest BCUT2D eigenvalue weighted by Gasteiger charge is -2.25. The van der Waals surface area contributed by atoms with E-state index in [0.29, 0.717) is 11.7 Å². The number of aryl methyl sites for hydroxylation is 2. The number of fused-ring (bicyclic) bond motifs is 1. The Balaban J connectivity index is 1.52. The summed E-state index contributed by atoms with van der Waals surface area (Å²) in [7, 11) is 0. The molecule has 0 aliphatic carbocycles. The highest BCUT2D eigenvalue weighted by molar-refractivity contribution is 9.10. The van der Waals surface area contributed by atoms with Gasteiger partial charge in [-0.3, -0.25) is 14.9 Å². The Labute approximate surface area is 181 Å². The first-order chi connectivity index (χ1) is 14.4. The minimum Gasteiger partial charge on any atom is -0.483 e. The molecule has 4 rings (SSSR count). The average molecular weight is 470 g/mol. The number of rotatable bonds is 5. The van der Waals surface area contributed by atoms with Gasteiger partial charge in [0.15, 0.2) is 6.61 Å². The Morgan fingerprint density at radius 3 is 2.90 bits per heavy atom. The number of benzene rings is 2. The van der Waals surface area contributed by atoms with Crippen LogP contribution in [-0.2, 0) is 9.59 Å². The Kier molecular flexibility index (Phi) is 5.54. The number of nitrogens with one attached hydrogen (secondary N) is 2. The zero-order chi connectivity index (χ0) is 21.3. The summed E-state index contributed by atoms with van der Waals surface area (Å²) in [5.41, 5.74) is 3.72. The number of aromatic nitrogens is 3. The van der Waals surface area contributed by atoms with Gasteiger partial charge in [-0.1, -0.05) is 22.0 Å². The van der Waals surface area contributed by atoms with Crippen LogP contribution in [0.15, 0.2) is 47.2 Å². The zero-order valence-electron chi connectivity index (χ0n) is 16.5. The van der Waals surface area contributed by atoms with Gasteiger partial charge in [0.2, 0.25) is 11.9 Å². The van der Waals surface area contributed by atoms with E-state index in [2.05, 4.69) is 36.6 Å². The monoisotopic (exact) mass is 469 g/mol. The fraction of sp³-hybridized carbons (Fsp3) is 0.238. The molecular formula is C21H20BrN5O3. The van der Waals surface area contributed by atoms with Crippen LogP contribution in [0.4, 0.5) is 11.6 Å². The number of hydrogen-bond donors (Lipinski definition) is 2. The van der Waals surface area contributed by atoms with Crippen molar-refractivity contribution in [1.29, 1.82) is 0 Å². The van der Waals surface area contributed by atoms with Crippen LogP contribution in [0.5, 0.6) is 5.75 Å². The number of anilines is 2. The van der Waals surface area contributed by atoms with Crippen LogP contribution in [0.2, 0.25) is 0 Å². The lowest BCUT2D eigenvalue weighted by Crippen LogP contribution is -2.30. The molecule has 3 aromatic rings. The van der Waals surface area contributed by atoms with Gasteiger partial charge in [-0.2, -0.15) is 10.1 Å². The molecule has 1 aliphatic heterocycles. The topological polar surface area (TPSA) is 98.1 Å². The number of halogens is 1. The third-order valence-corrected chi connectivity index (χ3v) is 5.47. The molecule has 9 heteroatoms. The minimum atomic E-state index is -0.383. The molecule has 2 amide bonds. The number of ether oxygens (including phenoxy) is 1. The van der Waals surface area contributed by atoms with Crippen molar-refractivity contribution in [3.63, 3.8) is 0 Å². The van der Waals surface area contributed by atoms with Crippen LogP contribution >= 0.6 is 15.9 Å². The van der Waals surface area contributed by atoms with E-state index >= 15 is 0 Å². The van der Waals surface area contributed by atoms with Gasteiger partial charge in [0.25, 0.3) is 5.91 Å². The van der Waals surface area contributed by atoms with Gasteiger partial charge in [0, 0.05) is 15.7 Å². The lowest BCUT2D eigenvalue weighted by molar-refractivity contribution is -0.118. The normalized spacial score (nSPS) is 15.3. The Morgan fingerprint density at radius 2 is 2.10 bits per heavy atom. The van der Waals surface area contributed by atoms with E-state index in [9.17, 15) is 9.59 Å². The Hall–Kier alpha value is -3.20. The summed E-state index contributed by atoms with van der Waals surface area (Å²) < 4.78 is 8.31. The Bertz CT molecular complexity index is 1130. The van der Waals surface area contributed by atoms with Gasteiger partial charge < -0.3 is 10.1 Å². The second kappa shape index (κ2) is 8.27. The van der Waals surface area contributed by atoms with Crippen LogP contribution in [0.25, 0.3) is 0 Å². The maximum Gasteiger partial charge on any atom is 0.262 e. The molecule has 0 radical (unpaired) electrons. The van der Waals surface area contributed by atoms with Crippen LogP contribution in [0.3, 0.4) is 0 Å². The van der Waals surface area contributed by atoms with Crippen LogP contribution in [0.1, 0.15) is 29.2 Å². The molecule has 1 atom stereocenters. The molecule has 30 heavy (non-hydrogen) atoms. The molecular weight excluding hydrogens is 450 g/mol. The molecule has 0 unspecified atom stereocenters. The summed E-state index contributed by atoms with van der Waals surface area (Å²) in [6, 6.07) is 10.8. The first-order valence-electron chi connectivity index (χ1n) is 9.39. The molecule has 0 bridgehead atoms. The minimum absolute atomic E-state index is 0.154. The quantitative estimate of drug-likeness (QED) is 0.594. The highest BCUT2D eigenvalue weighted by Crippen LogP contribution is 2.36. The lowest BCUT2D eigenvalue weighted by atomic mass is 10.0. The average Bonchev–Trinajstić information content (AvgIpc) is 3.17. The summed E-state index contributed by atoms with van der Waals surface area (Å²) >= 11 is 3.46. The van der Waals surface area contributed by atoms with E-state index in [-0.39, 0.29) is 30.9 Å². The summed E-state index contributed by atoms with van der Waals surface area (Å²) in [5.74, 6) is 0.470. The van der Waals surface area contributed by atoms with E-state index < -0.39 is 0 Å². The van der Waals surface area contributed by atoms with Crippen molar-refractivity contribution in [1.82, 2.24) is 14.8 Å². The van der Waals surface area contributed by atoms with Gasteiger partial charge in [0.05, 0.1) is 12.5 Å². The molecule has 0 saturated carbocycles. The fourth-order valence-electron chi connectivity index (χ4n) is 3.32. The van der Waals surface area contributed by atoms with Gasteiger partial charge in [-0.15, -0.1) is 0 Å². The molecule has 0 fully saturated rings. The molecule has 2 aromatic carbocycles. The van der Waals surface area contributed by atoms with Crippen molar-refractivity contribution in [2.45, 2.75) is 26.3 Å². The van der Waals surface area contributed by atoms with Crippen molar-refractivity contribution in [2.24, 2.45) is 0 Å². The van der Waals surface area contributed by atoms with Crippen LogP contribution in [0, 0.1) is 13.8 Å². The first kappa shape index (κ1) is 20.1. The van der Waals surface area contributed by atoms with E-state index in [1.54, 1.807) is 10.7 Å². The van der Waals surface area contributed by atoms with Crippen LogP contribution in [-0.4, -0.2) is 33.2 Å². The first-order valence-corrected chi connectivity index (χ1v) is 10.2. The van der Waals surface area contributed by atoms with Crippen molar-refractivity contribution in [3.05, 3.63) is 63.9 Å². The van der Waals surface area contributed by atoms with E-state index in [1.165, 1.54) is 6.33 Å². The molecule has 2 heterocycles. The molecule has 2 N–H and O–H groups in total.